The number of aromatic nitrogens is 2. The Morgan fingerprint density at radius 1 is 1.35 bits per heavy atom. The van der Waals surface area contributed by atoms with Crippen LogP contribution in [0.25, 0.3) is 10.9 Å². The molecule has 4 nitrogen and oxygen atoms in total. The molecule has 2 aromatic heterocycles. The summed E-state index contributed by atoms with van der Waals surface area (Å²) in [5, 5.41) is 12.3. The minimum Gasteiger partial charge on any atom is -0.321 e. The van der Waals surface area contributed by atoms with E-state index in [4.69, 9.17) is 0 Å². The number of anilines is 1. The lowest BCUT2D eigenvalue weighted by Crippen LogP contribution is -2.12. The minimum atomic E-state index is -0.0966. The molecule has 118 valence electrons. The minimum absolute atomic E-state index is 0.0966. The van der Waals surface area contributed by atoms with Crippen molar-refractivity contribution in [3.63, 3.8) is 0 Å². The Balaban J connectivity index is 1.76. The summed E-state index contributed by atoms with van der Waals surface area (Å²) < 4.78 is 2.99. The zero-order valence-corrected chi connectivity index (χ0v) is 14.9. The maximum absolute atomic E-state index is 12.6. The zero-order chi connectivity index (χ0) is 15.8. The second kappa shape index (κ2) is 6.09. The molecule has 6 heteroatoms. The first-order valence-electron chi connectivity index (χ1n) is 7.73. The van der Waals surface area contributed by atoms with Gasteiger partial charge in [0.25, 0.3) is 5.91 Å². The van der Waals surface area contributed by atoms with Crippen molar-refractivity contribution in [1.82, 2.24) is 9.78 Å². The van der Waals surface area contributed by atoms with Crippen molar-refractivity contribution in [2.75, 3.05) is 5.32 Å². The van der Waals surface area contributed by atoms with Crippen molar-refractivity contribution in [3.8, 4) is 0 Å². The van der Waals surface area contributed by atoms with Crippen molar-refractivity contribution < 1.29 is 4.79 Å². The van der Waals surface area contributed by atoms with Crippen LogP contribution in [0.2, 0.25) is 0 Å². The number of fused-ring (bicyclic) bond motifs is 1. The monoisotopic (exact) mass is 389 g/mol. The lowest BCUT2D eigenvalue weighted by Gasteiger charge is -2.12. The van der Waals surface area contributed by atoms with Gasteiger partial charge in [0, 0.05) is 15.2 Å². The first kappa shape index (κ1) is 14.9. The average Bonchev–Trinajstić information content (AvgIpc) is 3.26. The molecule has 23 heavy (non-hydrogen) atoms. The van der Waals surface area contributed by atoms with Gasteiger partial charge in [-0.3, -0.25) is 9.48 Å². The maximum atomic E-state index is 12.6. The molecule has 3 aromatic rings. The highest BCUT2D eigenvalue weighted by atomic mass is 79.9. The lowest BCUT2D eigenvalue weighted by atomic mass is 10.1. The fraction of sp³-hybridized carbons (Fsp3) is 0.294. The summed E-state index contributed by atoms with van der Waals surface area (Å²) in [6, 6.07) is 6.28. The molecule has 0 spiro atoms. The fourth-order valence-corrected chi connectivity index (χ4v) is 4.31. The van der Waals surface area contributed by atoms with Crippen molar-refractivity contribution in [1.29, 1.82) is 0 Å². The molecule has 0 saturated heterocycles. The largest absolute Gasteiger partial charge is 0.321 e. The molecular formula is C17H16BrN3OS. The number of nitrogens with zero attached hydrogens (tertiary/aromatic N) is 2. The summed E-state index contributed by atoms with van der Waals surface area (Å²) in [6.45, 7) is 0. The first-order valence-corrected chi connectivity index (χ1v) is 9.46. The number of amides is 1. The number of benzene rings is 1. The third-order valence-electron chi connectivity index (χ3n) is 4.38. The van der Waals surface area contributed by atoms with Gasteiger partial charge in [0.05, 0.1) is 29.0 Å². The maximum Gasteiger partial charge on any atom is 0.256 e. The van der Waals surface area contributed by atoms with Gasteiger partial charge in [-0.1, -0.05) is 28.8 Å². The van der Waals surface area contributed by atoms with Crippen LogP contribution in [0.15, 0.2) is 39.6 Å². The Kier molecular flexibility index (Phi) is 3.95. The van der Waals surface area contributed by atoms with Gasteiger partial charge in [0.15, 0.2) is 0 Å². The van der Waals surface area contributed by atoms with Crippen LogP contribution in [-0.4, -0.2) is 15.7 Å². The molecule has 1 N–H and O–H groups in total. The van der Waals surface area contributed by atoms with E-state index in [1.807, 2.05) is 29.1 Å². The zero-order valence-electron chi connectivity index (χ0n) is 12.5. The summed E-state index contributed by atoms with van der Waals surface area (Å²) in [4.78, 5) is 12.6. The summed E-state index contributed by atoms with van der Waals surface area (Å²) in [5.41, 5.74) is 2.52. The summed E-state index contributed by atoms with van der Waals surface area (Å²) >= 11 is 5.10. The number of nitrogens with one attached hydrogen (secondary N) is 1. The number of hydrogen-bond donors (Lipinski definition) is 1. The molecule has 0 unspecified atom stereocenters. The van der Waals surface area contributed by atoms with E-state index in [0.717, 1.165) is 21.1 Å². The SMILES string of the molecule is O=C(Nc1ccsc1)c1cc(Br)cc2c1cnn2C1CCCC1. The average molecular weight is 390 g/mol. The standard InChI is InChI=1S/C17H16BrN3OS/c18-11-7-14(17(22)20-12-5-6-23-10-12)15-9-19-21(16(15)8-11)13-3-1-2-4-13/h5-10,13H,1-4H2,(H,20,22). The van der Waals surface area contributed by atoms with Crippen LogP contribution in [-0.2, 0) is 0 Å². The summed E-state index contributed by atoms with van der Waals surface area (Å²) in [5.74, 6) is -0.0966. The highest BCUT2D eigenvalue weighted by Crippen LogP contribution is 2.33. The number of hydrogen-bond acceptors (Lipinski definition) is 3. The second-order valence-electron chi connectivity index (χ2n) is 5.88. The smallest absolute Gasteiger partial charge is 0.256 e. The summed E-state index contributed by atoms with van der Waals surface area (Å²) in [7, 11) is 0. The van der Waals surface area contributed by atoms with E-state index in [2.05, 4.69) is 37.1 Å². The van der Waals surface area contributed by atoms with Gasteiger partial charge in [0.2, 0.25) is 0 Å². The Labute approximate surface area is 146 Å². The summed E-state index contributed by atoms with van der Waals surface area (Å²) in [6.07, 6.45) is 6.67. The van der Waals surface area contributed by atoms with Crippen LogP contribution in [0.1, 0.15) is 42.1 Å². The molecule has 1 aromatic carbocycles. The number of carbonyl (C=O) groups is 1. The van der Waals surface area contributed by atoms with Gasteiger partial charge in [-0.25, -0.2) is 0 Å². The van der Waals surface area contributed by atoms with E-state index in [9.17, 15) is 4.79 Å². The topological polar surface area (TPSA) is 46.9 Å². The van der Waals surface area contributed by atoms with Crippen LogP contribution < -0.4 is 5.32 Å². The predicted molar refractivity (Wildman–Crippen MR) is 97.2 cm³/mol. The molecule has 4 rings (SSSR count). The first-order chi connectivity index (χ1) is 11.2. The predicted octanol–water partition coefficient (Wildman–Crippen LogP) is 5.23. The highest BCUT2D eigenvalue weighted by molar-refractivity contribution is 9.10. The van der Waals surface area contributed by atoms with Crippen LogP contribution in [0.5, 0.6) is 0 Å². The Morgan fingerprint density at radius 2 is 2.17 bits per heavy atom. The second-order valence-corrected chi connectivity index (χ2v) is 7.58. The van der Waals surface area contributed by atoms with Crippen molar-refractivity contribution in [2.45, 2.75) is 31.7 Å². The van der Waals surface area contributed by atoms with E-state index in [-0.39, 0.29) is 5.91 Å². The lowest BCUT2D eigenvalue weighted by molar-refractivity contribution is 0.102. The number of thiophene rings is 1. The molecule has 1 amide bonds. The van der Waals surface area contributed by atoms with E-state index >= 15 is 0 Å². The van der Waals surface area contributed by atoms with E-state index < -0.39 is 0 Å². The molecular weight excluding hydrogens is 374 g/mol. The van der Waals surface area contributed by atoms with Gasteiger partial charge in [-0.05, 0) is 36.4 Å². The molecule has 1 aliphatic carbocycles. The molecule has 0 radical (unpaired) electrons. The van der Waals surface area contributed by atoms with E-state index in [0.29, 0.717) is 11.6 Å². The number of carbonyl (C=O) groups excluding carboxylic acids is 1. The quantitative estimate of drug-likeness (QED) is 0.666. The van der Waals surface area contributed by atoms with Gasteiger partial charge < -0.3 is 5.32 Å². The Hall–Kier alpha value is -1.66. The molecule has 0 bridgehead atoms. The van der Waals surface area contributed by atoms with Crippen molar-refractivity contribution in [2.24, 2.45) is 0 Å². The fourth-order valence-electron chi connectivity index (χ4n) is 3.27. The third kappa shape index (κ3) is 2.81. The van der Waals surface area contributed by atoms with Gasteiger partial charge >= 0.3 is 0 Å². The van der Waals surface area contributed by atoms with Crippen molar-refractivity contribution in [3.05, 3.63) is 45.2 Å². The van der Waals surface area contributed by atoms with Crippen LogP contribution >= 0.6 is 27.3 Å². The van der Waals surface area contributed by atoms with E-state index in [1.54, 1.807) is 11.3 Å². The molecule has 1 aliphatic rings. The molecule has 2 heterocycles. The van der Waals surface area contributed by atoms with Gasteiger partial charge in [-0.15, -0.1) is 0 Å². The molecule has 1 fully saturated rings. The van der Waals surface area contributed by atoms with Crippen LogP contribution in [0, 0.1) is 0 Å². The molecule has 0 atom stereocenters. The van der Waals surface area contributed by atoms with Crippen molar-refractivity contribution >= 4 is 49.8 Å². The van der Waals surface area contributed by atoms with Crippen LogP contribution in [0.3, 0.4) is 0 Å². The molecule has 1 saturated carbocycles. The van der Waals surface area contributed by atoms with E-state index in [1.165, 1.54) is 25.7 Å². The Morgan fingerprint density at radius 3 is 2.91 bits per heavy atom. The normalized spacial score (nSPS) is 15.3. The number of rotatable bonds is 3. The highest BCUT2D eigenvalue weighted by Gasteiger charge is 2.22. The Bertz CT molecular complexity index is 850. The van der Waals surface area contributed by atoms with Crippen LogP contribution in [0.4, 0.5) is 5.69 Å². The third-order valence-corrected chi connectivity index (χ3v) is 5.52. The van der Waals surface area contributed by atoms with Gasteiger partial charge in [0.1, 0.15) is 0 Å². The van der Waals surface area contributed by atoms with Gasteiger partial charge in [-0.2, -0.15) is 16.4 Å². The molecule has 0 aliphatic heterocycles. The number of halogens is 1.